The van der Waals surface area contributed by atoms with Crippen LogP contribution in [0.5, 0.6) is 5.75 Å². The zero-order chi connectivity index (χ0) is 18.9. The number of hydrogen-bond donors (Lipinski definition) is 1. The molecule has 0 unspecified atom stereocenters. The highest BCUT2D eigenvalue weighted by Crippen LogP contribution is 2.10. The van der Waals surface area contributed by atoms with Crippen LogP contribution in [0.15, 0.2) is 54.6 Å². The van der Waals surface area contributed by atoms with Crippen LogP contribution in [-0.2, 0) is 11.3 Å². The first-order valence-electron chi connectivity index (χ1n) is 9.33. The maximum Gasteiger partial charge on any atom is 0.234 e. The summed E-state index contributed by atoms with van der Waals surface area (Å²) in [5.41, 5.74) is 1.05. The van der Waals surface area contributed by atoms with Crippen LogP contribution in [0.2, 0.25) is 5.02 Å². The van der Waals surface area contributed by atoms with Gasteiger partial charge in [0.15, 0.2) is 0 Å². The normalized spacial score (nSPS) is 15.4. The summed E-state index contributed by atoms with van der Waals surface area (Å²) in [6.45, 7) is 6.30. The SMILES string of the molecule is O=C(CN1CCN(CCOc2ccccc2)CC1)NCc1ccc(Cl)cc1. The van der Waals surface area contributed by atoms with Crippen molar-refractivity contribution in [1.29, 1.82) is 0 Å². The first kappa shape index (κ1) is 19.7. The van der Waals surface area contributed by atoms with E-state index in [0.29, 0.717) is 24.7 Å². The van der Waals surface area contributed by atoms with Gasteiger partial charge in [-0.1, -0.05) is 41.9 Å². The van der Waals surface area contributed by atoms with E-state index in [0.717, 1.165) is 44.0 Å². The van der Waals surface area contributed by atoms with Crippen molar-refractivity contribution >= 4 is 17.5 Å². The molecule has 6 heteroatoms. The summed E-state index contributed by atoms with van der Waals surface area (Å²) < 4.78 is 5.75. The Kier molecular flexibility index (Phi) is 7.51. The minimum absolute atomic E-state index is 0.0609. The van der Waals surface area contributed by atoms with E-state index in [1.807, 2.05) is 54.6 Å². The molecular formula is C21H26ClN3O2. The number of carbonyl (C=O) groups excluding carboxylic acids is 1. The summed E-state index contributed by atoms with van der Waals surface area (Å²) in [6, 6.07) is 17.4. The summed E-state index contributed by atoms with van der Waals surface area (Å²) in [5, 5.41) is 3.68. The molecule has 2 aromatic rings. The molecule has 144 valence electrons. The summed E-state index contributed by atoms with van der Waals surface area (Å²) in [5.74, 6) is 0.972. The fourth-order valence-corrected chi connectivity index (χ4v) is 3.17. The molecule has 1 fully saturated rings. The fraction of sp³-hybridized carbons (Fsp3) is 0.381. The Morgan fingerprint density at radius 3 is 2.33 bits per heavy atom. The Labute approximate surface area is 165 Å². The van der Waals surface area contributed by atoms with Crippen LogP contribution in [0, 0.1) is 0 Å². The number of para-hydroxylation sites is 1. The molecule has 0 radical (unpaired) electrons. The lowest BCUT2D eigenvalue weighted by atomic mass is 10.2. The second-order valence-corrected chi connectivity index (χ2v) is 7.12. The van der Waals surface area contributed by atoms with Crippen LogP contribution >= 0.6 is 11.6 Å². The Balaban J connectivity index is 1.29. The van der Waals surface area contributed by atoms with Crippen molar-refractivity contribution in [3.63, 3.8) is 0 Å². The summed E-state index contributed by atoms with van der Waals surface area (Å²) in [4.78, 5) is 16.7. The molecule has 3 rings (SSSR count). The molecule has 0 aliphatic carbocycles. The molecule has 2 aromatic carbocycles. The standard InChI is InChI=1S/C21H26ClN3O2/c22-19-8-6-18(7-9-19)16-23-21(26)17-25-12-10-24(11-13-25)14-15-27-20-4-2-1-3-5-20/h1-9H,10-17H2,(H,23,26). The van der Waals surface area contributed by atoms with E-state index < -0.39 is 0 Å². The van der Waals surface area contributed by atoms with E-state index in [-0.39, 0.29) is 5.91 Å². The number of rotatable bonds is 8. The molecular weight excluding hydrogens is 362 g/mol. The predicted octanol–water partition coefficient (Wildman–Crippen LogP) is 2.65. The number of nitrogens with zero attached hydrogens (tertiary/aromatic N) is 2. The number of hydrogen-bond acceptors (Lipinski definition) is 4. The van der Waals surface area contributed by atoms with Gasteiger partial charge in [0.25, 0.3) is 0 Å². The van der Waals surface area contributed by atoms with E-state index in [1.54, 1.807) is 0 Å². The molecule has 27 heavy (non-hydrogen) atoms. The second kappa shape index (κ2) is 10.3. The fourth-order valence-electron chi connectivity index (χ4n) is 3.04. The highest BCUT2D eigenvalue weighted by atomic mass is 35.5. The Bertz CT molecular complexity index is 701. The average Bonchev–Trinajstić information content (AvgIpc) is 2.70. The van der Waals surface area contributed by atoms with Crippen molar-refractivity contribution in [1.82, 2.24) is 15.1 Å². The summed E-state index contributed by atoms with van der Waals surface area (Å²) in [6.07, 6.45) is 0. The molecule has 1 aliphatic heterocycles. The molecule has 0 saturated carbocycles. The zero-order valence-corrected chi connectivity index (χ0v) is 16.2. The van der Waals surface area contributed by atoms with E-state index in [4.69, 9.17) is 16.3 Å². The van der Waals surface area contributed by atoms with Crippen LogP contribution in [0.4, 0.5) is 0 Å². The first-order valence-corrected chi connectivity index (χ1v) is 9.70. The van der Waals surface area contributed by atoms with Crippen molar-refractivity contribution in [3.8, 4) is 5.75 Å². The molecule has 5 nitrogen and oxygen atoms in total. The molecule has 0 bridgehead atoms. The largest absolute Gasteiger partial charge is 0.492 e. The van der Waals surface area contributed by atoms with Crippen LogP contribution in [0.25, 0.3) is 0 Å². The van der Waals surface area contributed by atoms with E-state index in [9.17, 15) is 4.79 Å². The Hall–Kier alpha value is -2.08. The molecule has 1 N–H and O–H groups in total. The molecule has 1 saturated heterocycles. The third-order valence-electron chi connectivity index (χ3n) is 4.65. The van der Waals surface area contributed by atoms with Gasteiger partial charge in [0.1, 0.15) is 12.4 Å². The van der Waals surface area contributed by atoms with Crippen LogP contribution in [-0.4, -0.2) is 61.6 Å². The quantitative estimate of drug-likeness (QED) is 0.756. The number of piperazine rings is 1. The number of nitrogens with one attached hydrogen (secondary N) is 1. The van der Waals surface area contributed by atoms with Gasteiger partial charge in [0, 0.05) is 44.3 Å². The molecule has 1 heterocycles. The molecule has 1 amide bonds. The number of carbonyl (C=O) groups is 1. The molecule has 0 aromatic heterocycles. The van der Waals surface area contributed by atoms with Crippen molar-refractivity contribution in [3.05, 3.63) is 65.2 Å². The lowest BCUT2D eigenvalue weighted by molar-refractivity contribution is -0.122. The Morgan fingerprint density at radius 2 is 1.63 bits per heavy atom. The third kappa shape index (κ3) is 6.86. The number of benzene rings is 2. The average molecular weight is 388 g/mol. The zero-order valence-electron chi connectivity index (χ0n) is 15.4. The van der Waals surface area contributed by atoms with Gasteiger partial charge in [-0.15, -0.1) is 0 Å². The van der Waals surface area contributed by atoms with E-state index in [2.05, 4.69) is 15.1 Å². The highest BCUT2D eigenvalue weighted by molar-refractivity contribution is 6.30. The molecule has 0 atom stereocenters. The van der Waals surface area contributed by atoms with Gasteiger partial charge in [-0.05, 0) is 29.8 Å². The lowest BCUT2D eigenvalue weighted by Crippen LogP contribution is -2.50. The minimum atomic E-state index is 0.0609. The lowest BCUT2D eigenvalue weighted by Gasteiger charge is -2.34. The van der Waals surface area contributed by atoms with Crippen molar-refractivity contribution in [2.45, 2.75) is 6.54 Å². The number of amides is 1. The van der Waals surface area contributed by atoms with E-state index in [1.165, 1.54) is 0 Å². The van der Waals surface area contributed by atoms with Gasteiger partial charge in [-0.3, -0.25) is 14.6 Å². The summed E-state index contributed by atoms with van der Waals surface area (Å²) >= 11 is 5.87. The van der Waals surface area contributed by atoms with Crippen LogP contribution in [0.1, 0.15) is 5.56 Å². The van der Waals surface area contributed by atoms with Gasteiger partial charge in [0.05, 0.1) is 6.54 Å². The smallest absolute Gasteiger partial charge is 0.234 e. The predicted molar refractivity (Wildman–Crippen MR) is 108 cm³/mol. The van der Waals surface area contributed by atoms with Gasteiger partial charge >= 0.3 is 0 Å². The highest BCUT2D eigenvalue weighted by Gasteiger charge is 2.18. The second-order valence-electron chi connectivity index (χ2n) is 6.68. The van der Waals surface area contributed by atoms with E-state index >= 15 is 0 Å². The van der Waals surface area contributed by atoms with Crippen LogP contribution < -0.4 is 10.1 Å². The van der Waals surface area contributed by atoms with Crippen molar-refractivity contribution < 1.29 is 9.53 Å². The van der Waals surface area contributed by atoms with Crippen LogP contribution in [0.3, 0.4) is 0 Å². The van der Waals surface area contributed by atoms with Crippen molar-refractivity contribution in [2.75, 3.05) is 45.9 Å². The molecule has 0 spiro atoms. The molecule has 1 aliphatic rings. The summed E-state index contributed by atoms with van der Waals surface area (Å²) in [7, 11) is 0. The third-order valence-corrected chi connectivity index (χ3v) is 4.91. The topological polar surface area (TPSA) is 44.8 Å². The van der Waals surface area contributed by atoms with Gasteiger partial charge in [-0.25, -0.2) is 0 Å². The maximum absolute atomic E-state index is 12.1. The van der Waals surface area contributed by atoms with Gasteiger partial charge in [-0.2, -0.15) is 0 Å². The van der Waals surface area contributed by atoms with Gasteiger partial charge in [0.2, 0.25) is 5.91 Å². The van der Waals surface area contributed by atoms with Gasteiger partial charge < -0.3 is 10.1 Å². The monoisotopic (exact) mass is 387 g/mol. The Morgan fingerprint density at radius 1 is 0.963 bits per heavy atom. The number of halogens is 1. The first-order chi connectivity index (χ1) is 13.2. The van der Waals surface area contributed by atoms with Crippen molar-refractivity contribution in [2.24, 2.45) is 0 Å². The number of ether oxygens (including phenoxy) is 1. The maximum atomic E-state index is 12.1. The minimum Gasteiger partial charge on any atom is -0.492 e.